The van der Waals surface area contributed by atoms with Gasteiger partial charge in [-0.25, -0.2) is 4.98 Å². The number of carbonyl (C=O) groups is 1. The molecule has 1 fully saturated rings. The van der Waals surface area contributed by atoms with E-state index in [0.29, 0.717) is 5.92 Å². The molecule has 0 atom stereocenters. The average molecular weight is 195 g/mol. The molecular formula is C10H13NOS. The summed E-state index contributed by atoms with van der Waals surface area (Å²) in [6.07, 6.45) is 3.37. The van der Waals surface area contributed by atoms with E-state index in [1.807, 2.05) is 0 Å². The molecule has 0 bridgehead atoms. The second-order valence-corrected chi connectivity index (χ2v) is 4.59. The van der Waals surface area contributed by atoms with Gasteiger partial charge in [0.25, 0.3) is 0 Å². The molecule has 2 nitrogen and oxygen atoms in total. The highest BCUT2D eigenvalue weighted by Gasteiger charge is 2.30. The third-order valence-electron chi connectivity index (χ3n) is 2.28. The molecule has 0 spiro atoms. The number of rotatable bonds is 3. The highest BCUT2D eigenvalue weighted by atomic mass is 32.1. The molecule has 70 valence electrons. The number of hydrogen-bond acceptors (Lipinski definition) is 3. The molecule has 1 aromatic rings. The van der Waals surface area contributed by atoms with Gasteiger partial charge in [-0.05, 0) is 19.3 Å². The Bertz CT molecular complexity index is 339. The van der Waals surface area contributed by atoms with Crippen LogP contribution < -0.4 is 0 Å². The zero-order valence-corrected chi connectivity index (χ0v) is 8.78. The SMILES string of the molecule is CCc1nc(C2CC2)c(C(C)=O)s1. The largest absolute Gasteiger partial charge is 0.294 e. The molecule has 3 heteroatoms. The van der Waals surface area contributed by atoms with Crippen molar-refractivity contribution in [1.29, 1.82) is 0 Å². The molecule has 0 unspecified atom stereocenters. The normalized spacial score (nSPS) is 16.2. The van der Waals surface area contributed by atoms with Gasteiger partial charge in [0, 0.05) is 12.8 Å². The summed E-state index contributed by atoms with van der Waals surface area (Å²) in [5.74, 6) is 0.773. The first-order valence-electron chi connectivity index (χ1n) is 4.73. The van der Waals surface area contributed by atoms with Gasteiger partial charge in [-0.15, -0.1) is 11.3 Å². The van der Waals surface area contributed by atoms with E-state index in [9.17, 15) is 4.79 Å². The maximum Gasteiger partial charge on any atom is 0.171 e. The number of carbonyl (C=O) groups excluding carboxylic acids is 1. The molecule has 1 aliphatic carbocycles. The highest BCUT2D eigenvalue weighted by Crippen LogP contribution is 2.42. The van der Waals surface area contributed by atoms with Gasteiger partial charge in [0.2, 0.25) is 0 Å². The van der Waals surface area contributed by atoms with Crippen molar-refractivity contribution >= 4 is 17.1 Å². The maximum absolute atomic E-state index is 11.3. The monoisotopic (exact) mass is 195 g/mol. The van der Waals surface area contributed by atoms with Gasteiger partial charge in [0.15, 0.2) is 5.78 Å². The van der Waals surface area contributed by atoms with Gasteiger partial charge < -0.3 is 0 Å². The van der Waals surface area contributed by atoms with Crippen LogP contribution in [0.15, 0.2) is 0 Å². The van der Waals surface area contributed by atoms with Crippen LogP contribution in [0.4, 0.5) is 0 Å². The standard InChI is InChI=1S/C10H13NOS/c1-3-8-11-9(7-4-5-7)10(13-8)6(2)12/h7H,3-5H2,1-2H3. The molecule has 0 saturated heterocycles. The first kappa shape index (κ1) is 8.88. The third kappa shape index (κ3) is 1.66. The summed E-state index contributed by atoms with van der Waals surface area (Å²) in [7, 11) is 0. The van der Waals surface area contributed by atoms with E-state index in [1.54, 1.807) is 18.3 Å². The highest BCUT2D eigenvalue weighted by molar-refractivity contribution is 7.13. The first-order chi connectivity index (χ1) is 6.22. The summed E-state index contributed by atoms with van der Waals surface area (Å²) in [6.45, 7) is 3.72. The molecule has 0 radical (unpaired) electrons. The minimum absolute atomic E-state index is 0.180. The van der Waals surface area contributed by atoms with Crippen molar-refractivity contribution in [1.82, 2.24) is 4.98 Å². The molecule has 0 aliphatic heterocycles. The van der Waals surface area contributed by atoms with Crippen LogP contribution in [0.25, 0.3) is 0 Å². The van der Waals surface area contributed by atoms with E-state index >= 15 is 0 Å². The van der Waals surface area contributed by atoms with Gasteiger partial charge in [0.05, 0.1) is 15.6 Å². The predicted molar refractivity (Wildman–Crippen MR) is 53.5 cm³/mol. The van der Waals surface area contributed by atoms with Crippen LogP contribution in [-0.4, -0.2) is 10.8 Å². The molecule has 13 heavy (non-hydrogen) atoms. The number of Topliss-reactive ketones (excluding diaryl/α,β-unsaturated/α-hetero) is 1. The third-order valence-corrected chi connectivity index (χ3v) is 3.60. The van der Waals surface area contributed by atoms with Crippen LogP contribution in [0.3, 0.4) is 0 Å². The fraction of sp³-hybridized carbons (Fsp3) is 0.600. The van der Waals surface area contributed by atoms with Gasteiger partial charge in [-0.1, -0.05) is 6.92 Å². The van der Waals surface area contributed by atoms with Crippen LogP contribution in [0.1, 0.15) is 53.0 Å². The molecule has 0 amide bonds. The molecule has 1 aliphatic rings. The fourth-order valence-electron chi connectivity index (χ4n) is 1.41. The predicted octanol–water partition coefficient (Wildman–Crippen LogP) is 2.79. The van der Waals surface area contributed by atoms with Crippen LogP contribution in [0, 0.1) is 0 Å². The van der Waals surface area contributed by atoms with Crippen molar-refractivity contribution in [3.05, 3.63) is 15.6 Å². The van der Waals surface area contributed by atoms with E-state index < -0.39 is 0 Å². The lowest BCUT2D eigenvalue weighted by molar-refractivity contribution is 0.102. The number of nitrogens with zero attached hydrogens (tertiary/aromatic N) is 1. The summed E-state index contributed by atoms with van der Waals surface area (Å²) in [5, 5.41) is 1.10. The molecule has 0 aromatic carbocycles. The smallest absolute Gasteiger partial charge is 0.171 e. The Morgan fingerprint density at radius 2 is 2.31 bits per heavy atom. The van der Waals surface area contributed by atoms with E-state index in [-0.39, 0.29) is 5.78 Å². The Kier molecular flexibility index (Phi) is 2.20. The number of hydrogen-bond donors (Lipinski definition) is 0. The molecule has 1 heterocycles. The molecule has 0 N–H and O–H groups in total. The average Bonchev–Trinajstić information content (AvgIpc) is 2.84. The molecule has 1 saturated carbocycles. The minimum Gasteiger partial charge on any atom is -0.294 e. The Balaban J connectivity index is 2.39. The zero-order valence-electron chi connectivity index (χ0n) is 7.96. The van der Waals surface area contributed by atoms with E-state index in [4.69, 9.17) is 0 Å². The van der Waals surface area contributed by atoms with E-state index in [0.717, 1.165) is 22.0 Å². The topological polar surface area (TPSA) is 30.0 Å². The zero-order chi connectivity index (χ0) is 9.42. The fourth-order valence-corrected chi connectivity index (χ4v) is 2.40. The number of thiazole rings is 1. The summed E-state index contributed by atoms with van der Waals surface area (Å²) in [6, 6.07) is 0. The molecular weight excluding hydrogens is 182 g/mol. The van der Waals surface area contributed by atoms with Crippen LogP contribution in [-0.2, 0) is 6.42 Å². The summed E-state index contributed by atoms with van der Waals surface area (Å²) in [4.78, 5) is 16.7. The van der Waals surface area contributed by atoms with Gasteiger partial charge >= 0.3 is 0 Å². The Labute approximate surface area is 82.0 Å². The Morgan fingerprint density at radius 1 is 1.62 bits per heavy atom. The summed E-state index contributed by atoms with van der Waals surface area (Å²) in [5.41, 5.74) is 1.08. The van der Waals surface area contributed by atoms with Gasteiger partial charge in [-0.2, -0.15) is 0 Å². The van der Waals surface area contributed by atoms with Crippen molar-refractivity contribution < 1.29 is 4.79 Å². The van der Waals surface area contributed by atoms with Crippen molar-refractivity contribution in [2.75, 3.05) is 0 Å². The van der Waals surface area contributed by atoms with Crippen molar-refractivity contribution in [3.8, 4) is 0 Å². The second-order valence-electron chi connectivity index (χ2n) is 3.51. The molecule has 1 aromatic heterocycles. The lowest BCUT2D eigenvalue weighted by Crippen LogP contribution is -1.93. The van der Waals surface area contributed by atoms with Gasteiger partial charge in [0.1, 0.15) is 0 Å². The first-order valence-corrected chi connectivity index (χ1v) is 5.54. The number of aromatic nitrogens is 1. The number of ketones is 1. The minimum atomic E-state index is 0.180. The Morgan fingerprint density at radius 3 is 2.77 bits per heavy atom. The molecule has 2 rings (SSSR count). The summed E-state index contributed by atoms with van der Waals surface area (Å²) >= 11 is 1.58. The van der Waals surface area contributed by atoms with Crippen molar-refractivity contribution in [2.45, 2.75) is 39.0 Å². The number of aryl methyl sites for hydroxylation is 1. The van der Waals surface area contributed by atoms with Crippen molar-refractivity contribution in [3.63, 3.8) is 0 Å². The van der Waals surface area contributed by atoms with Gasteiger partial charge in [-0.3, -0.25) is 4.79 Å². The lowest BCUT2D eigenvalue weighted by atomic mass is 10.2. The van der Waals surface area contributed by atoms with E-state index in [1.165, 1.54) is 12.8 Å². The lowest BCUT2D eigenvalue weighted by Gasteiger charge is -1.92. The van der Waals surface area contributed by atoms with Crippen LogP contribution in [0.2, 0.25) is 0 Å². The quantitative estimate of drug-likeness (QED) is 0.694. The van der Waals surface area contributed by atoms with E-state index in [2.05, 4.69) is 11.9 Å². The Hall–Kier alpha value is -0.700. The van der Waals surface area contributed by atoms with Crippen LogP contribution in [0.5, 0.6) is 0 Å². The maximum atomic E-state index is 11.3. The summed E-state index contributed by atoms with van der Waals surface area (Å²) < 4.78 is 0. The van der Waals surface area contributed by atoms with Crippen molar-refractivity contribution in [2.24, 2.45) is 0 Å². The van der Waals surface area contributed by atoms with Crippen LogP contribution >= 0.6 is 11.3 Å². The second kappa shape index (κ2) is 3.22.